The minimum Gasteiger partial charge on any atom is -0.378 e. The summed E-state index contributed by atoms with van der Waals surface area (Å²) >= 11 is 0. The fourth-order valence-corrected chi connectivity index (χ4v) is 4.52. The average molecular weight is 356 g/mol. The van der Waals surface area contributed by atoms with Gasteiger partial charge in [0.05, 0.1) is 24.8 Å². The first kappa shape index (κ1) is 17.5. The molecular formula is C20H28N4O2. The van der Waals surface area contributed by atoms with Gasteiger partial charge in [-0.2, -0.15) is 5.10 Å². The van der Waals surface area contributed by atoms with Crippen molar-refractivity contribution in [3.63, 3.8) is 0 Å². The molecule has 2 aliphatic rings. The van der Waals surface area contributed by atoms with Crippen molar-refractivity contribution in [1.82, 2.24) is 14.7 Å². The van der Waals surface area contributed by atoms with Crippen LogP contribution in [0.15, 0.2) is 24.3 Å². The Labute approximate surface area is 154 Å². The van der Waals surface area contributed by atoms with Gasteiger partial charge in [0, 0.05) is 24.0 Å². The van der Waals surface area contributed by atoms with Crippen molar-refractivity contribution in [2.24, 2.45) is 11.1 Å². The third-order valence-electron chi connectivity index (χ3n) is 5.50. The van der Waals surface area contributed by atoms with Crippen LogP contribution in [-0.4, -0.2) is 52.4 Å². The SMILES string of the molecule is CC(C)(C)CN1C2COCC1CC(n1nc(C(N)=O)c3ccccc31)C2. The van der Waals surface area contributed by atoms with E-state index in [9.17, 15) is 4.79 Å². The minimum absolute atomic E-state index is 0.262. The number of carbonyl (C=O) groups excluding carboxylic acids is 1. The van der Waals surface area contributed by atoms with Crippen LogP contribution in [0.1, 0.15) is 50.1 Å². The molecule has 0 saturated carbocycles. The zero-order valence-corrected chi connectivity index (χ0v) is 15.8. The number of para-hydroxylation sites is 1. The van der Waals surface area contributed by atoms with E-state index >= 15 is 0 Å². The summed E-state index contributed by atoms with van der Waals surface area (Å²) in [7, 11) is 0. The summed E-state index contributed by atoms with van der Waals surface area (Å²) in [4.78, 5) is 14.5. The number of fused-ring (bicyclic) bond motifs is 3. The summed E-state index contributed by atoms with van der Waals surface area (Å²) in [6.07, 6.45) is 1.97. The molecule has 2 aliphatic heterocycles. The first-order valence-corrected chi connectivity index (χ1v) is 9.44. The summed E-state index contributed by atoms with van der Waals surface area (Å²) in [6.45, 7) is 9.47. The van der Waals surface area contributed by atoms with Crippen molar-refractivity contribution >= 4 is 16.8 Å². The molecule has 6 heteroatoms. The second-order valence-electron chi connectivity index (χ2n) is 8.88. The number of ether oxygens (including phenoxy) is 1. The zero-order chi connectivity index (χ0) is 18.5. The molecule has 0 spiro atoms. The Balaban J connectivity index is 1.67. The van der Waals surface area contributed by atoms with Crippen LogP contribution >= 0.6 is 0 Å². The fourth-order valence-electron chi connectivity index (χ4n) is 4.52. The Kier molecular flexibility index (Phi) is 4.28. The second kappa shape index (κ2) is 6.35. The Morgan fingerprint density at radius 2 is 1.85 bits per heavy atom. The molecule has 2 bridgehead atoms. The van der Waals surface area contributed by atoms with E-state index in [4.69, 9.17) is 10.5 Å². The number of hydrogen-bond acceptors (Lipinski definition) is 4. The molecule has 2 N–H and O–H groups in total. The molecular weight excluding hydrogens is 328 g/mol. The van der Waals surface area contributed by atoms with Crippen LogP contribution < -0.4 is 5.73 Å². The Morgan fingerprint density at radius 1 is 1.19 bits per heavy atom. The molecule has 140 valence electrons. The molecule has 2 atom stereocenters. The van der Waals surface area contributed by atoms with Crippen LogP contribution in [0.5, 0.6) is 0 Å². The van der Waals surface area contributed by atoms with Crippen molar-refractivity contribution in [3.05, 3.63) is 30.0 Å². The maximum Gasteiger partial charge on any atom is 0.269 e. The Hall–Kier alpha value is -1.92. The quantitative estimate of drug-likeness (QED) is 0.917. The molecule has 1 amide bonds. The monoisotopic (exact) mass is 356 g/mol. The molecule has 26 heavy (non-hydrogen) atoms. The predicted octanol–water partition coefficient (Wildman–Crippen LogP) is 2.59. The second-order valence-corrected chi connectivity index (χ2v) is 8.88. The summed E-state index contributed by atoms with van der Waals surface area (Å²) in [5.74, 6) is -0.464. The van der Waals surface area contributed by atoms with Crippen LogP contribution in [0, 0.1) is 5.41 Å². The van der Waals surface area contributed by atoms with Crippen molar-refractivity contribution in [1.29, 1.82) is 0 Å². The number of hydrogen-bond donors (Lipinski definition) is 1. The van der Waals surface area contributed by atoms with E-state index in [0.717, 1.165) is 43.5 Å². The van der Waals surface area contributed by atoms with Crippen molar-refractivity contribution in [2.75, 3.05) is 19.8 Å². The highest BCUT2D eigenvalue weighted by Crippen LogP contribution is 2.37. The Bertz CT molecular complexity index is 809. The number of morpholine rings is 1. The number of primary amides is 1. The standard InChI is InChI=1S/C20H28N4O2/c1-20(2,3)12-23-14-8-13(9-15(23)11-26-10-14)24-17-7-5-4-6-16(17)18(22-24)19(21)25/h4-7,13-15H,8-12H2,1-3H3,(H2,21,25). The number of rotatable bonds is 3. The first-order chi connectivity index (χ1) is 12.3. The molecule has 6 nitrogen and oxygen atoms in total. The minimum atomic E-state index is -0.464. The molecule has 2 fully saturated rings. The van der Waals surface area contributed by atoms with Gasteiger partial charge in [-0.3, -0.25) is 14.4 Å². The lowest BCUT2D eigenvalue weighted by Gasteiger charge is -2.50. The lowest BCUT2D eigenvalue weighted by molar-refractivity contribution is -0.0963. The van der Waals surface area contributed by atoms with Gasteiger partial charge in [-0.05, 0) is 24.3 Å². The van der Waals surface area contributed by atoms with E-state index < -0.39 is 5.91 Å². The first-order valence-electron chi connectivity index (χ1n) is 9.44. The molecule has 2 unspecified atom stereocenters. The summed E-state index contributed by atoms with van der Waals surface area (Å²) < 4.78 is 7.89. The largest absolute Gasteiger partial charge is 0.378 e. The molecule has 4 rings (SSSR count). The van der Waals surface area contributed by atoms with Crippen LogP contribution in [0.4, 0.5) is 0 Å². The number of aromatic nitrogens is 2. The van der Waals surface area contributed by atoms with E-state index in [0.29, 0.717) is 17.8 Å². The molecule has 2 aromatic rings. The van der Waals surface area contributed by atoms with E-state index in [2.05, 4.69) is 30.8 Å². The van der Waals surface area contributed by atoms with Crippen molar-refractivity contribution in [2.45, 2.75) is 51.7 Å². The molecule has 0 aliphatic carbocycles. The van der Waals surface area contributed by atoms with Crippen LogP contribution in [0.25, 0.3) is 10.9 Å². The van der Waals surface area contributed by atoms with Gasteiger partial charge in [-0.25, -0.2) is 0 Å². The van der Waals surface area contributed by atoms with Gasteiger partial charge in [0.25, 0.3) is 5.91 Å². The van der Waals surface area contributed by atoms with Crippen LogP contribution in [-0.2, 0) is 4.74 Å². The highest BCUT2D eigenvalue weighted by atomic mass is 16.5. The number of nitrogens with two attached hydrogens (primary N) is 1. The van der Waals surface area contributed by atoms with Gasteiger partial charge in [0.2, 0.25) is 0 Å². The van der Waals surface area contributed by atoms with E-state index in [1.165, 1.54) is 0 Å². The number of amides is 1. The normalized spacial score (nSPS) is 27.0. The summed E-state index contributed by atoms with van der Waals surface area (Å²) in [5, 5.41) is 5.47. The zero-order valence-electron chi connectivity index (χ0n) is 15.8. The number of piperidine rings is 1. The lowest BCUT2D eigenvalue weighted by Crippen LogP contribution is -2.58. The molecule has 2 saturated heterocycles. The van der Waals surface area contributed by atoms with Gasteiger partial charge >= 0.3 is 0 Å². The van der Waals surface area contributed by atoms with E-state index in [1.807, 2.05) is 28.9 Å². The average Bonchev–Trinajstić information content (AvgIpc) is 2.93. The van der Waals surface area contributed by atoms with Crippen molar-refractivity contribution < 1.29 is 9.53 Å². The highest BCUT2D eigenvalue weighted by Gasteiger charge is 2.41. The van der Waals surface area contributed by atoms with Gasteiger partial charge < -0.3 is 10.5 Å². The molecule has 1 aromatic carbocycles. The van der Waals surface area contributed by atoms with E-state index in [1.54, 1.807) is 0 Å². The number of nitrogens with zero attached hydrogens (tertiary/aromatic N) is 3. The smallest absolute Gasteiger partial charge is 0.269 e. The Morgan fingerprint density at radius 3 is 2.46 bits per heavy atom. The molecule has 0 radical (unpaired) electrons. The third kappa shape index (κ3) is 3.12. The number of carbonyl (C=O) groups is 1. The van der Waals surface area contributed by atoms with Gasteiger partial charge in [0.15, 0.2) is 5.69 Å². The maximum atomic E-state index is 11.8. The van der Waals surface area contributed by atoms with E-state index in [-0.39, 0.29) is 11.5 Å². The van der Waals surface area contributed by atoms with Gasteiger partial charge in [-0.15, -0.1) is 0 Å². The maximum absolute atomic E-state index is 11.8. The molecule has 3 heterocycles. The van der Waals surface area contributed by atoms with Gasteiger partial charge in [0.1, 0.15) is 0 Å². The predicted molar refractivity (Wildman–Crippen MR) is 101 cm³/mol. The number of benzene rings is 1. The summed E-state index contributed by atoms with van der Waals surface area (Å²) in [5.41, 5.74) is 7.19. The topological polar surface area (TPSA) is 73.4 Å². The highest BCUT2D eigenvalue weighted by molar-refractivity contribution is 6.04. The molecule has 1 aromatic heterocycles. The van der Waals surface area contributed by atoms with Crippen molar-refractivity contribution in [3.8, 4) is 0 Å². The fraction of sp³-hybridized carbons (Fsp3) is 0.600. The van der Waals surface area contributed by atoms with Crippen LogP contribution in [0.2, 0.25) is 0 Å². The lowest BCUT2D eigenvalue weighted by atomic mass is 9.86. The van der Waals surface area contributed by atoms with Crippen LogP contribution in [0.3, 0.4) is 0 Å². The summed E-state index contributed by atoms with van der Waals surface area (Å²) in [6, 6.07) is 8.93. The third-order valence-corrected chi connectivity index (χ3v) is 5.50. The van der Waals surface area contributed by atoms with Gasteiger partial charge in [-0.1, -0.05) is 39.0 Å².